The standard InChI is InChI=1S/C42H42N4O.Pt/c1-41(2,3)28-14-19-36-34(22-28)32-17-16-31(25-39(32)46(36)40-23-29(20-21-43-40)42(4,5)6)47-30-15-12-27-13-18-35(33(27)24-30)45-26-44(7)37-10-8-9-11-38(37)45;/h8-12,14-17,19-25,35H,13,18H2,1-7H3;/i7D3;. The van der Waals surface area contributed by atoms with Crippen LogP contribution in [0.4, 0.5) is 0 Å². The van der Waals surface area contributed by atoms with E-state index in [2.05, 4.69) is 131 Å². The molecule has 0 amide bonds. The van der Waals surface area contributed by atoms with Crippen LogP contribution in [0.1, 0.15) is 80.4 Å². The summed E-state index contributed by atoms with van der Waals surface area (Å²) in [5.41, 5.74) is 8.70. The van der Waals surface area contributed by atoms with Crippen LogP contribution in [0.25, 0.3) is 38.7 Å². The number of ether oxygens (including phenoxy) is 1. The van der Waals surface area contributed by atoms with E-state index in [1.54, 1.807) is 0 Å². The third-order valence-electron chi connectivity index (χ3n) is 9.89. The van der Waals surface area contributed by atoms with Gasteiger partial charge in [0.15, 0.2) is 0 Å². The molecule has 1 unspecified atom stereocenters. The molecule has 8 rings (SSSR count). The van der Waals surface area contributed by atoms with Gasteiger partial charge >= 0.3 is 194 Å². The predicted octanol–water partition coefficient (Wildman–Crippen LogP) is 10.5. The van der Waals surface area contributed by atoms with Crippen molar-refractivity contribution < 1.29 is 28.2 Å². The van der Waals surface area contributed by atoms with Crippen molar-refractivity contribution in [2.75, 3.05) is 0 Å². The summed E-state index contributed by atoms with van der Waals surface area (Å²) in [7, 11) is 0. The van der Waals surface area contributed by atoms with Crippen molar-refractivity contribution in [1.29, 1.82) is 0 Å². The number of fused-ring (bicyclic) bond motifs is 5. The second-order valence-corrected chi connectivity index (χ2v) is 16.1. The van der Waals surface area contributed by atoms with Crippen LogP contribution in [-0.2, 0) is 43.6 Å². The fourth-order valence-electron chi connectivity index (χ4n) is 7.25. The van der Waals surface area contributed by atoms with Gasteiger partial charge in [-0.3, -0.25) is 0 Å². The summed E-state index contributed by atoms with van der Waals surface area (Å²) < 4.78 is 38.1. The van der Waals surface area contributed by atoms with Crippen LogP contribution < -0.4 is 4.74 Å². The van der Waals surface area contributed by atoms with Crippen LogP contribution in [0.3, 0.4) is 0 Å². The molecule has 1 aliphatic rings. The quantitative estimate of drug-likeness (QED) is 0.177. The van der Waals surface area contributed by atoms with Crippen LogP contribution in [0, 0.1) is 3.80 Å². The van der Waals surface area contributed by atoms with Gasteiger partial charge in [0, 0.05) is 6.20 Å². The second kappa shape index (κ2) is 11.2. The molecule has 0 spiro atoms. The molecule has 4 aromatic carbocycles. The van der Waals surface area contributed by atoms with Gasteiger partial charge in [0.25, 0.3) is 0 Å². The van der Waals surface area contributed by atoms with Crippen molar-refractivity contribution >= 4 is 32.8 Å². The SMILES string of the molecule is [2H]C([2H])([2H])n1[c](=[Pt])n(C2CCc3ccc(Oc4ccc5c6cc(C(C)(C)C)ccc6n(-c6cc(C(C)(C)C)ccn6)c5c4)cc32)c2ccccc21. The summed E-state index contributed by atoms with van der Waals surface area (Å²) in [4.78, 5) is 4.88. The summed E-state index contributed by atoms with van der Waals surface area (Å²) in [5, 5.41) is 2.34. The van der Waals surface area contributed by atoms with Crippen LogP contribution in [0.5, 0.6) is 11.5 Å². The number of para-hydroxylation sites is 2. The van der Waals surface area contributed by atoms with Crippen LogP contribution in [0.15, 0.2) is 97.2 Å². The van der Waals surface area contributed by atoms with Gasteiger partial charge in [-0.25, -0.2) is 4.98 Å². The van der Waals surface area contributed by atoms with Gasteiger partial charge in [-0.05, 0) is 46.2 Å². The first-order valence-electron chi connectivity index (χ1n) is 18.1. The van der Waals surface area contributed by atoms with Crippen LogP contribution in [0.2, 0.25) is 0 Å². The third-order valence-corrected chi connectivity index (χ3v) is 10.9. The molecule has 0 N–H and O–H groups in total. The molecule has 3 heterocycles. The maximum atomic E-state index is 8.27. The zero-order valence-electron chi connectivity index (χ0n) is 31.2. The second-order valence-electron chi connectivity index (χ2n) is 15.1. The van der Waals surface area contributed by atoms with Gasteiger partial charge < -0.3 is 0 Å². The summed E-state index contributed by atoms with van der Waals surface area (Å²) >= 11 is 2.17. The van der Waals surface area contributed by atoms with E-state index in [4.69, 9.17) is 13.8 Å². The predicted molar refractivity (Wildman–Crippen MR) is 193 cm³/mol. The number of pyridine rings is 1. The zero-order valence-corrected chi connectivity index (χ0v) is 30.5. The van der Waals surface area contributed by atoms with Gasteiger partial charge in [0.2, 0.25) is 0 Å². The van der Waals surface area contributed by atoms with Crippen LogP contribution in [-0.4, -0.2) is 18.7 Å². The number of benzene rings is 4. The zero-order chi connectivity index (χ0) is 36.0. The molecule has 7 aromatic rings. The van der Waals surface area contributed by atoms with E-state index in [0.717, 1.165) is 57.7 Å². The Morgan fingerprint density at radius 2 is 1.48 bits per heavy atom. The summed E-state index contributed by atoms with van der Waals surface area (Å²) in [6.07, 6.45) is 3.71. The molecule has 3 aromatic heterocycles. The number of rotatable bonds is 4. The van der Waals surface area contributed by atoms with Gasteiger partial charge in [-0.15, -0.1) is 0 Å². The molecule has 1 aliphatic carbocycles. The van der Waals surface area contributed by atoms with Crippen molar-refractivity contribution in [3.8, 4) is 17.3 Å². The van der Waals surface area contributed by atoms with Crippen LogP contribution >= 0.6 is 0 Å². The number of imidazole rings is 1. The fourth-order valence-corrected chi connectivity index (χ4v) is 8.15. The molecule has 0 radical (unpaired) electrons. The van der Waals surface area contributed by atoms with Gasteiger partial charge in [0.05, 0.1) is 0 Å². The monoisotopic (exact) mass is 816 g/mol. The molecule has 1 atom stereocenters. The molecular formula is C42H42N4OPt. The first-order chi connectivity index (χ1) is 24.1. The van der Waals surface area contributed by atoms with Crippen molar-refractivity contribution in [3.63, 3.8) is 0 Å². The van der Waals surface area contributed by atoms with E-state index in [1.165, 1.54) is 26.6 Å². The number of nitrogens with zero attached hydrogens (tertiary/aromatic N) is 4. The van der Waals surface area contributed by atoms with Crippen molar-refractivity contribution in [2.24, 2.45) is 6.98 Å². The van der Waals surface area contributed by atoms with Crippen molar-refractivity contribution in [3.05, 3.63) is 123 Å². The topological polar surface area (TPSA) is 36.9 Å². The average molecular weight is 817 g/mol. The maximum absolute atomic E-state index is 8.27. The van der Waals surface area contributed by atoms with E-state index >= 15 is 0 Å². The van der Waals surface area contributed by atoms with Crippen molar-refractivity contribution in [2.45, 2.75) is 71.3 Å². The summed E-state index contributed by atoms with van der Waals surface area (Å²) in [6.45, 7) is 11.1. The summed E-state index contributed by atoms with van der Waals surface area (Å²) in [6, 6.07) is 31.6. The van der Waals surface area contributed by atoms with Gasteiger partial charge in [-0.2, -0.15) is 0 Å². The molecule has 0 bridgehead atoms. The number of aryl methyl sites for hydroxylation is 2. The molecule has 48 heavy (non-hydrogen) atoms. The van der Waals surface area contributed by atoms with Gasteiger partial charge in [0.1, 0.15) is 0 Å². The molecule has 0 saturated carbocycles. The average Bonchev–Trinajstić information content (AvgIpc) is 3.72. The number of aromatic nitrogens is 4. The minimum absolute atomic E-state index is 0.00672. The Hall–Kier alpha value is -4.21. The summed E-state index contributed by atoms with van der Waals surface area (Å²) in [5.74, 6) is 2.37. The number of hydrogen-bond acceptors (Lipinski definition) is 2. The number of hydrogen-bond donors (Lipinski definition) is 0. The molecule has 0 aliphatic heterocycles. The Kier molecular flexibility index (Phi) is 6.45. The van der Waals surface area contributed by atoms with Crippen molar-refractivity contribution in [1.82, 2.24) is 18.7 Å². The molecular weight excluding hydrogens is 772 g/mol. The molecule has 246 valence electrons. The van der Waals surface area contributed by atoms with E-state index in [-0.39, 0.29) is 16.9 Å². The first-order valence-corrected chi connectivity index (χ1v) is 17.8. The molecule has 0 fully saturated rings. The fraction of sp³-hybridized carbons (Fsp3) is 0.286. The molecule has 0 saturated heterocycles. The Morgan fingerprint density at radius 1 is 0.750 bits per heavy atom. The van der Waals surface area contributed by atoms with E-state index in [0.29, 0.717) is 9.32 Å². The Labute approximate surface area is 297 Å². The minimum atomic E-state index is -2.28. The van der Waals surface area contributed by atoms with E-state index < -0.39 is 6.98 Å². The van der Waals surface area contributed by atoms with E-state index in [1.807, 2.05) is 36.5 Å². The third kappa shape index (κ3) is 5.10. The Bertz CT molecular complexity index is 2560. The Balaban J connectivity index is 1.24. The Morgan fingerprint density at radius 3 is 2.25 bits per heavy atom. The molecule has 5 nitrogen and oxygen atoms in total. The van der Waals surface area contributed by atoms with Gasteiger partial charge in [-0.1, -0.05) is 47.6 Å². The first kappa shape index (κ1) is 27.7. The molecule has 6 heteroatoms. The van der Waals surface area contributed by atoms with E-state index in [9.17, 15) is 0 Å². The normalized spacial score (nSPS) is 16.3.